The molecule has 0 spiro atoms. The highest BCUT2D eigenvalue weighted by Gasteiger charge is 2.41. The fourth-order valence-corrected chi connectivity index (χ4v) is 6.99. The Kier molecular flexibility index (Phi) is 4.36. The molecule has 9 rings (SSSR count). The number of fused-ring (bicyclic) bond motifs is 10. The van der Waals surface area contributed by atoms with E-state index in [9.17, 15) is 0 Å². The molecule has 0 radical (unpaired) electrons. The number of hydrogen-bond acceptors (Lipinski definition) is 3. The molecule has 0 amide bonds. The molecule has 0 aliphatic heterocycles. The minimum absolute atomic E-state index is 0.186. The van der Waals surface area contributed by atoms with Gasteiger partial charge in [-0.05, 0) is 29.8 Å². The van der Waals surface area contributed by atoms with Crippen molar-refractivity contribution in [2.24, 2.45) is 0 Å². The number of para-hydroxylation sites is 2. The van der Waals surface area contributed by atoms with Gasteiger partial charge >= 0.3 is 0 Å². The van der Waals surface area contributed by atoms with Crippen LogP contribution in [0.25, 0.3) is 72.2 Å². The summed E-state index contributed by atoms with van der Waals surface area (Å²) in [6, 6.07) is 40.1. The van der Waals surface area contributed by atoms with E-state index in [4.69, 9.17) is 14.4 Å². The highest BCUT2D eigenvalue weighted by molar-refractivity contribution is 6.23. The lowest BCUT2D eigenvalue weighted by atomic mass is 9.81. The van der Waals surface area contributed by atoms with Crippen molar-refractivity contribution in [2.45, 2.75) is 19.3 Å². The highest BCUT2D eigenvalue weighted by Crippen LogP contribution is 2.54. The van der Waals surface area contributed by atoms with E-state index in [-0.39, 0.29) is 5.41 Å². The predicted molar refractivity (Wildman–Crippen MR) is 167 cm³/mol. The molecule has 5 aromatic carbocycles. The van der Waals surface area contributed by atoms with Gasteiger partial charge in [0.2, 0.25) is 5.95 Å². The molecule has 8 aromatic rings. The summed E-state index contributed by atoms with van der Waals surface area (Å²) in [4.78, 5) is 10.4. The maximum absolute atomic E-state index is 6.64. The Labute approximate surface area is 236 Å². The van der Waals surface area contributed by atoms with Crippen LogP contribution in [0.4, 0.5) is 0 Å². The van der Waals surface area contributed by atoms with Crippen LogP contribution in [0.2, 0.25) is 0 Å². The number of aromatic nitrogens is 3. The largest absolute Gasteiger partial charge is 0.456 e. The summed E-state index contributed by atoms with van der Waals surface area (Å²) in [5.41, 5.74) is 9.55. The number of benzene rings is 5. The third-order valence-corrected chi connectivity index (χ3v) is 8.80. The molecule has 4 nitrogen and oxygen atoms in total. The first-order valence-electron chi connectivity index (χ1n) is 14.0. The zero-order chi connectivity index (χ0) is 27.3. The minimum Gasteiger partial charge on any atom is -0.456 e. The Bertz CT molecular complexity index is 2340. The molecule has 0 atom stereocenters. The molecule has 3 aromatic heterocycles. The fraction of sp³-hybridized carbons (Fsp3) is 0.0811. The molecule has 0 unspecified atom stereocenters. The molecule has 0 fully saturated rings. The van der Waals surface area contributed by atoms with Crippen LogP contribution >= 0.6 is 0 Å². The summed E-state index contributed by atoms with van der Waals surface area (Å²) < 4.78 is 8.86. The predicted octanol–water partition coefficient (Wildman–Crippen LogP) is 9.45. The first-order chi connectivity index (χ1) is 20.1. The lowest BCUT2D eigenvalue weighted by Crippen LogP contribution is -2.14. The van der Waals surface area contributed by atoms with Gasteiger partial charge < -0.3 is 4.42 Å². The summed E-state index contributed by atoms with van der Waals surface area (Å²) in [6.45, 7) is 4.62. The van der Waals surface area contributed by atoms with Gasteiger partial charge in [0, 0.05) is 43.7 Å². The van der Waals surface area contributed by atoms with Crippen molar-refractivity contribution in [1.82, 2.24) is 14.5 Å². The van der Waals surface area contributed by atoms with E-state index in [1.807, 2.05) is 18.2 Å². The lowest BCUT2D eigenvalue weighted by Gasteiger charge is -2.21. The van der Waals surface area contributed by atoms with Crippen molar-refractivity contribution in [3.63, 3.8) is 0 Å². The highest BCUT2D eigenvalue weighted by atomic mass is 16.3. The van der Waals surface area contributed by atoms with Crippen LogP contribution in [0.3, 0.4) is 0 Å². The second-order valence-corrected chi connectivity index (χ2v) is 11.4. The summed E-state index contributed by atoms with van der Waals surface area (Å²) in [5.74, 6) is 1.65. The minimum atomic E-state index is -0.186. The average molecular weight is 528 g/mol. The van der Waals surface area contributed by atoms with Crippen LogP contribution in [-0.2, 0) is 5.41 Å². The van der Waals surface area contributed by atoms with Gasteiger partial charge in [0.15, 0.2) is 0 Å². The van der Waals surface area contributed by atoms with Gasteiger partial charge in [0.25, 0.3) is 0 Å². The lowest BCUT2D eigenvalue weighted by molar-refractivity contribution is 0.619. The quantitative estimate of drug-likeness (QED) is 0.225. The topological polar surface area (TPSA) is 43.9 Å². The van der Waals surface area contributed by atoms with Crippen molar-refractivity contribution in [3.05, 3.63) is 126 Å². The van der Waals surface area contributed by atoms with Crippen molar-refractivity contribution in [3.8, 4) is 28.5 Å². The molecular formula is C37H25N3O. The molecule has 0 bridgehead atoms. The van der Waals surface area contributed by atoms with E-state index >= 15 is 0 Å². The Morgan fingerprint density at radius 3 is 2.24 bits per heavy atom. The first-order valence-corrected chi connectivity index (χ1v) is 14.0. The second-order valence-electron chi connectivity index (χ2n) is 11.4. The van der Waals surface area contributed by atoms with Crippen LogP contribution in [0.1, 0.15) is 25.0 Å². The number of furan rings is 1. The van der Waals surface area contributed by atoms with Gasteiger partial charge in [0.1, 0.15) is 11.3 Å². The van der Waals surface area contributed by atoms with Crippen LogP contribution in [-0.4, -0.2) is 14.5 Å². The third kappa shape index (κ3) is 2.94. The van der Waals surface area contributed by atoms with E-state index in [0.29, 0.717) is 5.95 Å². The van der Waals surface area contributed by atoms with Crippen LogP contribution in [0.15, 0.2) is 120 Å². The third-order valence-electron chi connectivity index (χ3n) is 8.80. The molecule has 41 heavy (non-hydrogen) atoms. The standard InChI is InChI=1S/C37H25N3O/c1-37(2)26-17-9-6-14-23(26)35-33(37)32-30(41-35)21-20-29-31(32)25-16-8-11-19-28(25)40(29)36-38-27-18-10-7-15-24(27)34(39-36)22-12-4-3-5-13-22/h3-21H,1-2H3. The van der Waals surface area contributed by atoms with E-state index in [0.717, 1.165) is 44.5 Å². The van der Waals surface area contributed by atoms with Gasteiger partial charge in [-0.3, -0.25) is 4.57 Å². The van der Waals surface area contributed by atoms with Crippen molar-refractivity contribution in [1.29, 1.82) is 0 Å². The molecule has 1 aliphatic rings. The number of hydrogen-bond donors (Lipinski definition) is 0. The van der Waals surface area contributed by atoms with Crippen LogP contribution < -0.4 is 0 Å². The molecular weight excluding hydrogens is 502 g/mol. The normalized spacial score (nSPS) is 13.8. The van der Waals surface area contributed by atoms with Crippen molar-refractivity contribution in [2.75, 3.05) is 0 Å². The van der Waals surface area contributed by atoms with Gasteiger partial charge in [-0.15, -0.1) is 0 Å². The summed E-state index contributed by atoms with van der Waals surface area (Å²) in [7, 11) is 0. The smallest absolute Gasteiger partial charge is 0.235 e. The van der Waals surface area contributed by atoms with E-state index in [1.165, 1.54) is 32.8 Å². The SMILES string of the molecule is CC1(C)c2ccccc2-c2oc3ccc4c(c5ccccc5n4-c4nc(-c5ccccc5)c5ccccc5n4)c3c21. The maximum atomic E-state index is 6.64. The van der Waals surface area contributed by atoms with Crippen molar-refractivity contribution < 1.29 is 4.42 Å². The fourth-order valence-electron chi connectivity index (χ4n) is 6.99. The monoisotopic (exact) mass is 527 g/mol. The van der Waals surface area contributed by atoms with E-state index in [1.54, 1.807) is 0 Å². The van der Waals surface area contributed by atoms with Gasteiger partial charge in [-0.1, -0.05) is 105 Å². The zero-order valence-electron chi connectivity index (χ0n) is 22.7. The zero-order valence-corrected chi connectivity index (χ0v) is 22.7. The molecule has 194 valence electrons. The Morgan fingerprint density at radius 2 is 1.37 bits per heavy atom. The molecule has 0 saturated heterocycles. The average Bonchev–Trinajstić information content (AvgIpc) is 3.64. The molecule has 4 heteroatoms. The molecule has 3 heterocycles. The van der Waals surface area contributed by atoms with Gasteiger partial charge in [-0.2, -0.15) is 0 Å². The van der Waals surface area contributed by atoms with E-state index in [2.05, 4.69) is 115 Å². The van der Waals surface area contributed by atoms with Gasteiger partial charge in [-0.25, -0.2) is 9.97 Å². The summed E-state index contributed by atoms with van der Waals surface area (Å²) in [5, 5.41) is 4.57. The first kappa shape index (κ1) is 22.6. The van der Waals surface area contributed by atoms with Gasteiger partial charge in [0.05, 0.1) is 22.2 Å². The second kappa shape index (κ2) is 7.92. The number of rotatable bonds is 2. The van der Waals surface area contributed by atoms with E-state index < -0.39 is 0 Å². The Morgan fingerprint density at radius 1 is 0.634 bits per heavy atom. The molecule has 0 N–H and O–H groups in total. The van der Waals surface area contributed by atoms with Crippen LogP contribution in [0, 0.1) is 0 Å². The Balaban J connectivity index is 1.42. The summed E-state index contributed by atoms with van der Waals surface area (Å²) >= 11 is 0. The van der Waals surface area contributed by atoms with Crippen LogP contribution in [0.5, 0.6) is 0 Å². The molecule has 0 saturated carbocycles. The Hall–Kier alpha value is -5.22. The number of nitrogens with zero attached hydrogens (tertiary/aromatic N) is 3. The molecule has 1 aliphatic carbocycles. The summed E-state index contributed by atoms with van der Waals surface area (Å²) in [6.07, 6.45) is 0. The maximum Gasteiger partial charge on any atom is 0.235 e. The van der Waals surface area contributed by atoms with Crippen molar-refractivity contribution >= 4 is 43.7 Å².